The average molecular weight is 311 g/mol. The number of esters is 1. The van der Waals surface area contributed by atoms with Gasteiger partial charge >= 0.3 is 5.97 Å². The molecule has 21 heavy (non-hydrogen) atoms. The number of nitro benzene ring substituents is 1. The predicted molar refractivity (Wildman–Crippen MR) is 75.5 cm³/mol. The van der Waals surface area contributed by atoms with Crippen LogP contribution >= 0.6 is 11.6 Å². The number of ether oxygens (including phenoxy) is 1. The lowest BCUT2D eigenvalue weighted by Gasteiger charge is -2.05. The third-order valence-electron chi connectivity index (χ3n) is 2.66. The number of hydrogen-bond donors (Lipinski definition) is 1. The Bertz CT molecular complexity index is 683. The number of benzene rings is 1. The predicted octanol–water partition coefficient (Wildman–Crippen LogP) is 3.24. The Morgan fingerprint density at radius 2 is 2.19 bits per heavy atom. The first-order chi connectivity index (χ1) is 10.0. The van der Waals surface area contributed by atoms with Crippen LogP contribution in [0.15, 0.2) is 34.7 Å². The summed E-state index contributed by atoms with van der Waals surface area (Å²) in [6.07, 6.45) is 0. The van der Waals surface area contributed by atoms with E-state index < -0.39 is 10.9 Å². The van der Waals surface area contributed by atoms with Crippen molar-refractivity contribution in [1.29, 1.82) is 0 Å². The molecule has 0 saturated heterocycles. The summed E-state index contributed by atoms with van der Waals surface area (Å²) in [6, 6.07) is 7.43. The molecule has 7 nitrogen and oxygen atoms in total. The van der Waals surface area contributed by atoms with Crippen LogP contribution in [0.1, 0.15) is 16.3 Å². The van der Waals surface area contributed by atoms with Crippen molar-refractivity contribution in [2.45, 2.75) is 6.54 Å². The van der Waals surface area contributed by atoms with Gasteiger partial charge in [-0.2, -0.15) is 0 Å². The molecular weight excluding hydrogens is 300 g/mol. The molecule has 2 aromatic rings. The number of nitrogens with zero attached hydrogens (tertiary/aromatic N) is 1. The maximum absolute atomic E-state index is 11.2. The summed E-state index contributed by atoms with van der Waals surface area (Å²) >= 11 is 5.80. The van der Waals surface area contributed by atoms with E-state index in [0.29, 0.717) is 18.0 Å². The maximum atomic E-state index is 11.2. The highest BCUT2D eigenvalue weighted by molar-refractivity contribution is 6.32. The lowest BCUT2D eigenvalue weighted by molar-refractivity contribution is -0.384. The van der Waals surface area contributed by atoms with Crippen molar-refractivity contribution < 1.29 is 18.9 Å². The summed E-state index contributed by atoms with van der Waals surface area (Å²) in [6.45, 7) is 0.297. The van der Waals surface area contributed by atoms with Gasteiger partial charge in [-0.05, 0) is 24.3 Å². The van der Waals surface area contributed by atoms with Crippen molar-refractivity contribution in [1.82, 2.24) is 0 Å². The molecule has 110 valence electrons. The molecule has 1 aromatic carbocycles. The van der Waals surface area contributed by atoms with Gasteiger partial charge in [-0.25, -0.2) is 4.79 Å². The molecule has 2 rings (SSSR count). The number of carbonyl (C=O) groups excluding carboxylic acids is 1. The van der Waals surface area contributed by atoms with Gasteiger partial charge in [0.2, 0.25) is 5.76 Å². The van der Waals surface area contributed by atoms with Gasteiger partial charge in [0.1, 0.15) is 10.8 Å². The first kappa shape index (κ1) is 14.9. The fourth-order valence-electron chi connectivity index (χ4n) is 1.64. The molecule has 0 radical (unpaired) electrons. The smallest absolute Gasteiger partial charge is 0.373 e. The minimum atomic E-state index is -0.556. The summed E-state index contributed by atoms with van der Waals surface area (Å²) in [4.78, 5) is 21.3. The van der Waals surface area contributed by atoms with Crippen LogP contribution in [0.2, 0.25) is 5.02 Å². The molecule has 0 aliphatic carbocycles. The number of rotatable bonds is 5. The Morgan fingerprint density at radius 3 is 2.81 bits per heavy atom. The fourth-order valence-corrected chi connectivity index (χ4v) is 1.89. The minimum Gasteiger partial charge on any atom is -0.463 e. The third kappa shape index (κ3) is 3.51. The number of carbonyl (C=O) groups is 1. The van der Waals surface area contributed by atoms with Crippen molar-refractivity contribution in [3.8, 4) is 0 Å². The van der Waals surface area contributed by atoms with Crippen molar-refractivity contribution in [3.05, 3.63) is 57.0 Å². The zero-order valence-corrected chi connectivity index (χ0v) is 11.7. The van der Waals surface area contributed by atoms with E-state index in [1.807, 2.05) is 0 Å². The molecule has 0 saturated carbocycles. The van der Waals surface area contributed by atoms with Gasteiger partial charge in [-0.15, -0.1) is 0 Å². The summed E-state index contributed by atoms with van der Waals surface area (Å²) in [5.74, 6) is 0.0699. The van der Waals surface area contributed by atoms with Crippen molar-refractivity contribution in [2.24, 2.45) is 0 Å². The Balaban J connectivity index is 2.03. The van der Waals surface area contributed by atoms with Crippen LogP contribution < -0.4 is 5.32 Å². The van der Waals surface area contributed by atoms with Gasteiger partial charge in [-0.1, -0.05) is 11.6 Å². The normalized spacial score (nSPS) is 10.2. The quantitative estimate of drug-likeness (QED) is 0.517. The van der Waals surface area contributed by atoms with E-state index in [9.17, 15) is 14.9 Å². The topological polar surface area (TPSA) is 94.6 Å². The zero-order chi connectivity index (χ0) is 15.4. The van der Waals surface area contributed by atoms with Crippen LogP contribution in [-0.4, -0.2) is 18.0 Å². The van der Waals surface area contributed by atoms with E-state index in [-0.39, 0.29) is 16.5 Å². The molecule has 1 heterocycles. The van der Waals surface area contributed by atoms with Crippen molar-refractivity contribution in [3.63, 3.8) is 0 Å². The van der Waals surface area contributed by atoms with E-state index in [1.165, 1.54) is 31.4 Å². The second-order valence-electron chi connectivity index (χ2n) is 4.03. The highest BCUT2D eigenvalue weighted by Gasteiger charge is 2.13. The van der Waals surface area contributed by atoms with Gasteiger partial charge < -0.3 is 14.5 Å². The van der Waals surface area contributed by atoms with Crippen LogP contribution in [0.25, 0.3) is 0 Å². The fraction of sp³-hybridized carbons (Fsp3) is 0.154. The molecule has 0 unspecified atom stereocenters. The number of anilines is 1. The highest BCUT2D eigenvalue weighted by Crippen LogP contribution is 2.27. The molecule has 0 amide bonds. The SMILES string of the molecule is COC(=O)c1ccc(CNc2ccc([N+](=O)[O-])c(Cl)c2)o1. The first-order valence-corrected chi connectivity index (χ1v) is 6.24. The van der Waals surface area contributed by atoms with Crippen molar-refractivity contribution in [2.75, 3.05) is 12.4 Å². The average Bonchev–Trinajstić information content (AvgIpc) is 2.92. The lowest BCUT2D eigenvalue weighted by Crippen LogP contribution is -2.00. The Labute approximate surface area is 124 Å². The van der Waals surface area contributed by atoms with Crippen LogP contribution in [0.5, 0.6) is 0 Å². The third-order valence-corrected chi connectivity index (χ3v) is 2.96. The number of nitro groups is 1. The molecule has 0 spiro atoms. The zero-order valence-electron chi connectivity index (χ0n) is 11.0. The molecule has 0 bridgehead atoms. The van der Waals surface area contributed by atoms with E-state index in [2.05, 4.69) is 10.1 Å². The first-order valence-electron chi connectivity index (χ1n) is 5.86. The molecular formula is C13H11ClN2O5. The summed E-state index contributed by atoms with van der Waals surface area (Å²) < 4.78 is 9.80. The molecule has 0 fully saturated rings. The number of hydrogen-bond acceptors (Lipinski definition) is 6. The number of halogens is 1. The van der Waals surface area contributed by atoms with Gasteiger partial charge in [0.25, 0.3) is 5.69 Å². The number of methoxy groups -OCH3 is 1. The summed E-state index contributed by atoms with van der Waals surface area (Å²) in [5.41, 5.74) is 0.440. The Morgan fingerprint density at radius 1 is 1.43 bits per heavy atom. The summed E-state index contributed by atoms with van der Waals surface area (Å²) in [5, 5.41) is 13.7. The van der Waals surface area contributed by atoms with Gasteiger partial charge in [0.15, 0.2) is 0 Å². The Kier molecular flexibility index (Phi) is 4.44. The van der Waals surface area contributed by atoms with E-state index in [1.54, 1.807) is 6.07 Å². The number of nitrogens with one attached hydrogen (secondary N) is 1. The van der Waals surface area contributed by atoms with Crippen LogP contribution in [0.4, 0.5) is 11.4 Å². The van der Waals surface area contributed by atoms with Gasteiger partial charge in [0.05, 0.1) is 18.6 Å². The number of furan rings is 1. The molecule has 0 atom stereocenters. The van der Waals surface area contributed by atoms with Gasteiger partial charge in [-0.3, -0.25) is 10.1 Å². The monoisotopic (exact) mass is 310 g/mol. The van der Waals surface area contributed by atoms with E-state index in [0.717, 1.165) is 0 Å². The van der Waals surface area contributed by atoms with Crippen molar-refractivity contribution >= 4 is 28.9 Å². The highest BCUT2D eigenvalue weighted by atomic mass is 35.5. The molecule has 0 aliphatic rings. The second-order valence-corrected chi connectivity index (χ2v) is 4.44. The van der Waals surface area contributed by atoms with Crippen LogP contribution in [0, 0.1) is 10.1 Å². The standard InChI is InChI=1S/C13H11ClN2O5/c1-20-13(17)12-5-3-9(21-12)7-15-8-2-4-11(16(18)19)10(14)6-8/h2-6,15H,7H2,1H3. The Hall–Kier alpha value is -2.54. The lowest BCUT2D eigenvalue weighted by atomic mass is 10.3. The molecule has 1 N–H and O–H groups in total. The largest absolute Gasteiger partial charge is 0.463 e. The van der Waals surface area contributed by atoms with E-state index >= 15 is 0 Å². The molecule has 0 aliphatic heterocycles. The van der Waals surface area contributed by atoms with Crippen LogP contribution in [-0.2, 0) is 11.3 Å². The molecule has 8 heteroatoms. The maximum Gasteiger partial charge on any atom is 0.373 e. The second kappa shape index (κ2) is 6.27. The molecule has 1 aromatic heterocycles. The van der Waals surface area contributed by atoms with E-state index in [4.69, 9.17) is 16.0 Å². The minimum absolute atomic E-state index is 0.0414. The van der Waals surface area contributed by atoms with Crippen LogP contribution in [0.3, 0.4) is 0 Å². The summed E-state index contributed by atoms with van der Waals surface area (Å²) in [7, 11) is 1.27. The van der Waals surface area contributed by atoms with Gasteiger partial charge in [0, 0.05) is 11.8 Å².